The second-order valence-corrected chi connectivity index (χ2v) is 4.19. The Balaban J connectivity index is 1.81. The van der Waals surface area contributed by atoms with Gasteiger partial charge in [0.2, 0.25) is 0 Å². The molecule has 0 saturated carbocycles. The van der Waals surface area contributed by atoms with E-state index in [-0.39, 0.29) is 0 Å². The summed E-state index contributed by atoms with van der Waals surface area (Å²) in [6.07, 6.45) is 7.00. The molecule has 2 heterocycles. The molecule has 0 bridgehead atoms. The number of hydrogen-bond acceptors (Lipinski definition) is 4. The Morgan fingerprint density at radius 3 is 3.22 bits per heavy atom. The average molecular weight is 246 g/mol. The largest absolute Gasteiger partial charge is 0.492 e. The molecule has 2 rings (SSSR count). The second-order valence-electron chi connectivity index (χ2n) is 4.19. The van der Waals surface area contributed by atoms with Crippen LogP contribution in [0.15, 0.2) is 18.5 Å². The van der Waals surface area contributed by atoms with Crippen LogP contribution in [0.25, 0.3) is 0 Å². The van der Waals surface area contributed by atoms with Gasteiger partial charge in [0.25, 0.3) is 0 Å². The molecule has 0 amide bonds. The van der Waals surface area contributed by atoms with Gasteiger partial charge < -0.3 is 15.2 Å². The Kier molecular flexibility index (Phi) is 5.00. The van der Waals surface area contributed by atoms with Gasteiger partial charge in [-0.05, 0) is 18.9 Å². The highest BCUT2D eigenvalue weighted by Crippen LogP contribution is 2.16. The third kappa shape index (κ3) is 4.02. The van der Waals surface area contributed by atoms with E-state index in [0.717, 1.165) is 37.2 Å². The molecule has 1 aromatic heterocycles. The first-order chi connectivity index (χ1) is 8.88. The predicted molar refractivity (Wildman–Crippen MR) is 69.3 cm³/mol. The van der Waals surface area contributed by atoms with Gasteiger partial charge in [-0.25, -0.2) is 0 Å². The van der Waals surface area contributed by atoms with Crippen molar-refractivity contribution in [3.8, 4) is 17.6 Å². The molecule has 4 heteroatoms. The maximum atomic E-state index is 5.65. The Bertz CT molecular complexity index is 431. The summed E-state index contributed by atoms with van der Waals surface area (Å²) in [5.74, 6) is 6.48. The van der Waals surface area contributed by atoms with Crippen LogP contribution in [0, 0.1) is 11.8 Å². The molecule has 1 saturated heterocycles. The Labute approximate surface area is 107 Å². The van der Waals surface area contributed by atoms with Crippen molar-refractivity contribution in [3.05, 3.63) is 24.0 Å². The van der Waals surface area contributed by atoms with E-state index in [2.05, 4.69) is 16.8 Å². The van der Waals surface area contributed by atoms with Crippen molar-refractivity contribution >= 4 is 0 Å². The summed E-state index contributed by atoms with van der Waals surface area (Å²) in [7, 11) is 0. The molecule has 1 aromatic rings. The first-order valence-electron chi connectivity index (χ1n) is 6.27. The first-order valence-corrected chi connectivity index (χ1v) is 6.27. The third-order valence-corrected chi connectivity index (χ3v) is 2.78. The van der Waals surface area contributed by atoms with E-state index >= 15 is 0 Å². The van der Waals surface area contributed by atoms with Gasteiger partial charge in [-0.3, -0.25) is 4.98 Å². The van der Waals surface area contributed by atoms with Crippen molar-refractivity contribution in [1.29, 1.82) is 0 Å². The lowest BCUT2D eigenvalue weighted by molar-refractivity contribution is 0.0903. The van der Waals surface area contributed by atoms with Gasteiger partial charge in [0, 0.05) is 24.8 Å². The molecule has 18 heavy (non-hydrogen) atoms. The topological polar surface area (TPSA) is 57.4 Å². The van der Waals surface area contributed by atoms with Gasteiger partial charge in [0.15, 0.2) is 0 Å². The zero-order valence-electron chi connectivity index (χ0n) is 10.4. The number of nitrogens with zero attached hydrogens (tertiary/aromatic N) is 1. The number of aromatic nitrogens is 1. The zero-order chi connectivity index (χ0) is 12.6. The fourth-order valence-electron chi connectivity index (χ4n) is 1.90. The lowest BCUT2D eigenvalue weighted by Crippen LogP contribution is -2.10. The van der Waals surface area contributed by atoms with E-state index < -0.39 is 0 Å². The summed E-state index contributed by atoms with van der Waals surface area (Å²) in [6.45, 7) is 1.89. The molecule has 1 fully saturated rings. The summed E-state index contributed by atoms with van der Waals surface area (Å²) >= 11 is 0. The van der Waals surface area contributed by atoms with Crippen molar-refractivity contribution < 1.29 is 9.47 Å². The molecule has 1 atom stereocenters. The van der Waals surface area contributed by atoms with Crippen molar-refractivity contribution in [2.45, 2.75) is 25.4 Å². The monoisotopic (exact) mass is 246 g/mol. The normalized spacial score (nSPS) is 18.2. The highest BCUT2D eigenvalue weighted by molar-refractivity contribution is 5.36. The van der Waals surface area contributed by atoms with Gasteiger partial charge in [0.05, 0.1) is 25.5 Å². The zero-order valence-corrected chi connectivity index (χ0v) is 10.4. The predicted octanol–water partition coefficient (Wildman–Crippen LogP) is 1.34. The van der Waals surface area contributed by atoms with Crippen LogP contribution in [0.4, 0.5) is 0 Å². The summed E-state index contributed by atoms with van der Waals surface area (Å²) in [6, 6.07) is 1.88. The van der Waals surface area contributed by atoms with Crippen molar-refractivity contribution in [3.63, 3.8) is 0 Å². The SMILES string of the molecule is NCC#Cc1cncc(OCCC2CCCO2)c1. The molecule has 0 radical (unpaired) electrons. The number of nitrogens with two attached hydrogens (primary N) is 1. The maximum absolute atomic E-state index is 5.65. The van der Waals surface area contributed by atoms with E-state index in [0.29, 0.717) is 19.3 Å². The molecular formula is C14H18N2O2. The fraction of sp³-hybridized carbons (Fsp3) is 0.500. The Morgan fingerprint density at radius 2 is 2.44 bits per heavy atom. The third-order valence-electron chi connectivity index (χ3n) is 2.78. The van der Waals surface area contributed by atoms with Crippen LogP contribution < -0.4 is 10.5 Å². The first kappa shape index (κ1) is 12.9. The summed E-state index contributed by atoms with van der Waals surface area (Å²) in [5, 5.41) is 0. The highest BCUT2D eigenvalue weighted by Gasteiger charge is 2.14. The van der Waals surface area contributed by atoms with Gasteiger partial charge in [-0.15, -0.1) is 0 Å². The minimum atomic E-state index is 0.351. The van der Waals surface area contributed by atoms with Crippen LogP contribution in [0.2, 0.25) is 0 Å². The molecular weight excluding hydrogens is 228 g/mol. The summed E-state index contributed by atoms with van der Waals surface area (Å²) in [4.78, 5) is 4.09. The van der Waals surface area contributed by atoms with E-state index in [4.69, 9.17) is 15.2 Å². The summed E-state index contributed by atoms with van der Waals surface area (Å²) in [5.41, 5.74) is 6.15. The second kappa shape index (κ2) is 7.00. The minimum Gasteiger partial charge on any atom is -0.492 e. The number of pyridine rings is 1. The van der Waals surface area contributed by atoms with E-state index in [1.807, 2.05) is 6.07 Å². The van der Waals surface area contributed by atoms with Gasteiger partial charge in [-0.2, -0.15) is 0 Å². The van der Waals surface area contributed by atoms with Crippen LogP contribution in [0.3, 0.4) is 0 Å². The van der Waals surface area contributed by atoms with Crippen molar-refractivity contribution in [2.75, 3.05) is 19.8 Å². The smallest absolute Gasteiger partial charge is 0.138 e. The molecule has 2 N–H and O–H groups in total. The number of ether oxygens (including phenoxy) is 2. The molecule has 1 aliphatic rings. The quantitative estimate of drug-likeness (QED) is 0.814. The lowest BCUT2D eigenvalue weighted by Gasteiger charge is -2.10. The molecule has 1 aliphatic heterocycles. The van der Waals surface area contributed by atoms with Crippen LogP contribution in [-0.2, 0) is 4.74 Å². The van der Waals surface area contributed by atoms with Crippen LogP contribution in [0.5, 0.6) is 5.75 Å². The standard InChI is InChI=1S/C14H18N2O2/c15-6-1-3-12-9-14(11-16-10-12)18-8-5-13-4-2-7-17-13/h9-11,13H,2,4-8,15H2. The lowest BCUT2D eigenvalue weighted by atomic mass is 10.2. The fourth-order valence-corrected chi connectivity index (χ4v) is 1.90. The van der Waals surface area contributed by atoms with E-state index in [1.54, 1.807) is 12.4 Å². The molecule has 1 unspecified atom stereocenters. The van der Waals surface area contributed by atoms with E-state index in [1.165, 1.54) is 0 Å². The van der Waals surface area contributed by atoms with Gasteiger partial charge in [-0.1, -0.05) is 11.8 Å². The highest BCUT2D eigenvalue weighted by atomic mass is 16.5. The Hall–Kier alpha value is -1.57. The number of hydrogen-bond donors (Lipinski definition) is 1. The number of rotatable bonds is 4. The van der Waals surface area contributed by atoms with Crippen molar-refractivity contribution in [1.82, 2.24) is 4.98 Å². The van der Waals surface area contributed by atoms with Gasteiger partial charge in [0.1, 0.15) is 5.75 Å². The minimum absolute atomic E-state index is 0.351. The van der Waals surface area contributed by atoms with E-state index in [9.17, 15) is 0 Å². The molecule has 0 aromatic carbocycles. The molecule has 96 valence electrons. The van der Waals surface area contributed by atoms with Gasteiger partial charge >= 0.3 is 0 Å². The summed E-state index contributed by atoms with van der Waals surface area (Å²) < 4.78 is 11.2. The Morgan fingerprint density at radius 1 is 1.50 bits per heavy atom. The molecule has 0 aliphatic carbocycles. The van der Waals surface area contributed by atoms with Crippen LogP contribution in [0.1, 0.15) is 24.8 Å². The van der Waals surface area contributed by atoms with Crippen LogP contribution >= 0.6 is 0 Å². The maximum Gasteiger partial charge on any atom is 0.138 e. The molecule has 0 spiro atoms. The average Bonchev–Trinajstić information content (AvgIpc) is 2.90. The van der Waals surface area contributed by atoms with Crippen LogP contribution in [-0.4, -0.2) is 30.8 Å². The van der Waals surface area contributed by atoms with Crippen molar-refractivity contribution in [2.24, 2.45) is 5.73 Å². The molecule has 4 nitrogen and oxygen atoms in total.